The van der Waals surface area contributed by atoms with Gasteiger partial charge in [-0.1, -0.05) is 12.1 Å². The molecule has 0 fully saturated rings. The molecule has 1 aromatic carbocycles. The van der Waals surface area contributed by atoms with E-state index < -0.39 is 0 Å². The van der Waals surface area contributed by atoms with Gasteiger partial charge in [-0.3, -0.25) is 4.99 Å². The molecule has 0 spiro atoms. The third-order valence-corrected chi connectivity index (χ3v) is 2.65. The van der Waals surface area contributed by atoms with Crippen LogP contribution in [-0.2, 0) is 11.2 Å². The van der Waals surface area contributed by atoms with Gasteiger partial charge in [0.1, 0.15) is 5.82 Å². The Morgan fingerprint density at radius 3 is 2.70 bits per heavy atom. The second-order valence-electron chi connectivity index (χ2n) is 4.15. The first-order valence-corrected chi connectivity index (χ1v) is 6.44. The lowest BCUT2D eigenvalue weighted by Gasteiger charge is -2.11. The summed E-state index contributed by atoms with van der Waals surface area (Å²) in [6.45, 7) is 2.16. The maximum Gasteiger partial charge on any atom is 0.191 e. The van der Waals surface area contributed by atoms with Gasteiger partial charge in [0.25, 0.3) is 0 Å². The third-order valence-electron chi connectivity index (χ3n) is 2.65. The fourth-order valence-corrected chi connectivity index (χ4v) is 1.68. The summed E-state index contributed by atoms with van der Waals surface area (Å²) in [5.74, 6) is 0.582. The first-order valence-electron chi connectivity index (χ1n) is 6.44. The zero-order valence-corrected chi connectivity index (χ0v) is 14.3. The van der Waals surface area contributed by atoms with Crippen molar-refractivity contribution in [3.05, 3.63) is 35.6 Å². The average Bonchev–Trinajstić information content (AvgIpc) is 2.41. The number of hydrogen-bond acceptors (Lipinski definition) is 2. The van der Waals surface area contributed by atoms with Crippen molar-refractivity contribution in [3.63, 3.8) is 0 Å². The second kappa shape index (κ2) is 11.9. The molecule has 0 aliphatic heterocycles. The molecule has 2 N–H and O–H groups in total. The van der Waals surface area contributed by atoms with E-state index in [2.05, 4.69) is 15.6 Å². The molecule has 0 aliphatic carbocycles. The first-order chi connectivity index (χ1) is 9.26. The molecule has 0 aliphatic rings. The molecular weight excluding hydrogens is 372 g/mol. The second-order valence-corrected chi connectivity index (χ2v) is 4.15. The van der Waals surface area contributed by atoms with E-state index in [1.807, 2.05) is 6.07 Å². The Kier molecular flexibility index (Phi) is 11.4. The smallest absolute Gasteiger partial charge is 0.191 e. The molecule has 20 heavy (non-hydrogen) atoms. The predicted molar refractivity (Wildman–Crippen MR) is 91.4 cm³/mol. The predicted octanol–water partition coefficient (Wildman–Crippen LogP) is 2.19. The maximum atomic E-state index is 13.0. The van der Waals surface area contributed by atoms with E-state index in [-0.39, 0.29) is 29.8 Å². The SMILES string of the molecule is CN=C(NCCCc1cccc(F)c1)NCCOC.I. The fraction of sp³-hybridized carbons (Fsp3) is 0.500. The quantitative estimate of drug-likeness (QED) is 0.322. The van der Waals surface area contributed by atoms with Crippen LogP contribution in [0.25, 0.3) is 0 Å². The van der Waals surface area contributed by atoms with Gasteiger partial charge in [-0.15, -0.1) is 24.0 Å². The Hall–Kier alpha value is -0.890. The van der Waals surface area contributed by atoms with E-state index in [0.29, 0.717) is 6.61 Å². The van der Waals surface area contributed by atoms with E-state index in [9.17, 15) is 4.39 Å². The normalized spacial score (nSPS) is 10.8. The van der Waals surface area contributed by atoms with Crippen molar-refractivity contribution in [2.45, 2.75) is 12.8 Å². The highest BCUT2D eigenvalue weighted by molar-refractivity contribution is 14.0. The molecule has 0 saturated heterocycles. The number of benzene rings is 1. The lowest BCUT2D eigenvalue weighted by molar-refractivity contribution is 0.203. The van der Waals surface area contributed by atoms with Crippen LogP contribution in [0.2, 0.25) is 0 Å². The maximum absolute atomic E-state index is 13.0. The fourth-order valence-electron chi connectivity index (χ4n) is 1.68. The van der Waals surface area contributed by atoms with E-state index in [4.69, 9.17) is 4.74 Å². The Morgan fingerprint density at radius 2 is 2.05 bits per heavy atom. The number of nitrogens with zero attached hydrogens (tertiary/aromatic N) is 1. The standard InChI is InChI=1S/C14H22FN3O.HI/c1-16-14(18-9-10-19-2)17-8-4-6-12-5-3-7-13(15)11-12;/h3,5,7,11H,4,6,8-10H2,1-2H3,(H2,16,17,18);1H. The van der Waals surface area contributed by atoms with Crippen LogP contribution in [0.1, 0.15) is 12.0 Å². The third kappa shape index (κ3) is 8.31. The minimum absolute atomic E-state index is 0. The van der Waals surface area contributed by atoms with Gasteiger partial charge in [0.05, 0.1) is 6.61 Å². The van der Waals surface area contributed by atoms with Crippen molar-refractivity contribution < 1.29 is 9.13 Å². The van der Waals surface area contributed by atoms with Crippen LogP contribution in [-0.4, -0.2) is 39.8 Å². The molecule has 0 saturated carbocycles. The summed E-state index contributed by atoms with van der Waals surface area (Å²) >= 11 is 0. The van der Waals surface area contributed by atoms with Gasteiger partial charge in [-0.2, -0.15) is 0 Å². The van der Waals surface area contributed by atoms with Crippen LogP contribution in [0, 0.1) is 5.82 Å². The van der Waals surface area contributed by atoms with Gasteiger partial charge in [-0.25, -0.2) is 4.39 Å². The highest BCUT2D eigenvalue weighted by Gasteiger charge is 1.98. The number of aliphatic imine (C=N–C) groups is 1. The zero-order valence-electron chi connectivity index (χ0n) is 12.0. The molecule has 0 bridgehead atoms. The number of aryl methyl sites for hydroxylation is 1. The lowest BCUT2D eigenvalue weighted by atomic mass is 10.1. The highest BCUT2D eigenvalue weighted by atomic mass is 127. The molecule has 0 radical (unpaired) electrons. The van der Waals surface area contributed by atoms with Crippen LogP contribution in [0.3, 0.4) is 0 Å². The molecule has 0 atom stereocenters. The molecule has 1 rings (SSSR count). The lowest BCUT2D eigenvalue weighted by Crippen LogP contribution is -2.39. The molecular formula is C14H23FIN3O. The van der Waals surface area contributed by atoms with Gasteiger partial charge in [0.15, 0.2) is 5.96 Å². The van der Waals surface area contributed by atoms with Crippen molar-refractivity contribution in [3.8, 4) is 0 Å². The zero-order chi connectivity index (χ0) is 13.9. The summed E-state index contributed by atoms with van der Waals surface area (Å²) in [6.07, 6.45) is 1.77. The van der Waals surface area contributed by atoms with Crippen LogP contribution in [0.4, 0.5) is 4.39 Å². The number of halogens is 2. The van der Waals surface area contributed by atoms with Crippen LogP contribution < -0.4 is 10.6 Å². The van der Waals surface area contributed by atoms with Gasteiger partial charge >= 0.3 is 0 Å². The summed E-state index contributed by atoms with van der Waals surface area (Å²) in [7, 11) is 3.39. The Balaban J connectivity index is 0.00000361. The highest BCUT2D eigenvalue weighted by Crippen LogP contribution is 2.05. The molecule has 0 aromatic heterocycles. The first kappa shape index (κ1) is 19.1. The molecule has 0 amide bonds. The molecule has 0 heterocycles. The number of guanidine groups is 1. The number of hydrogen-bond donors (Lipinski definition) is 2. The molecule has 4 nitrogen and oxygen atoms in total. The summed E-state index contributed by atoms with van der Waals surface area (Å²) in [4.78, 5) is 4.10. The van der Waals surface area contributed by atoms with Gasteiger partial charge in [-0.05, 0) is 30.5 Å². The van der Waals surface area contributed by atoms with Crippen LogP contribution >= 0.6 is 24.0 Å². The van der Waals surface area contributed by atoms with Gasteiger partial charge < -0.3 is 15.4 Å². The summed E-state index contributed by atoms with van der Waals surface area (Å²) in [6, 6.07) is 6.72. The summed E-state index contributed by atoms with van der Waals surface area (Å²) in [5, 5.41) is 6.33. The Morgan fingerprint density at radius 1 is 1.30 bits per heavy atom. The van der Waals surface area contributed by atoms with E-state index in [1.54, 1.807) is 26.3 Å². The molecule has 0 unspecified atom stereocenters. The van der Waals surface area contributed by atoms with Crippen molar-refractivity contribution in [1.82, 2.24) is 10.6 Å². The number of nitrogens with one attached hydrogen (secondary N) is 2. The molecule has 114 valence electrons. The van der Waals surface area contributed by atoms with Crippen LogP contribution in [0.5, 0.6) is 0 Å². The van der Waals surface area contributed by atoms with Crippen molar-refractivity contribution >= 4 is 29.9 Å². The van der Waals surface area contributed by atoms with E-state index in [0.717, 1.165) is 37.5 Å². The number of methoxy groups -OCH3 is 1. The number of ether oxygens (including phenoxy) is 1. The molecule has 6 heteroatoms. The largest absolute Gasteiger partial charge is 0.383 e. The van der Waals surface area contributed by atoms with Crippen molar-refractivity contribution in [2.24, 2.45) is 4.99 Å². The van der Waals surface area contributed by atoms with Gasteiger partial charge in [0.2, 0.25) is 0 Å². The van der Waals surface area contributed by atoms with Crippen molar-refractivity contribution in [2.75, 3.05) is 33.9 Å². The summed E-state index contributed by atoms with van der Waals surface area (Å²) in [5.41, 5.74) is 1.02. The van der Waals surface area contributed by atoms with Crippen molar-refractivity contribution in [1.29, 1.82) is 0 Å². The minimum atomic E-state index is -0.178. The topological polar surface area (TPSA) is 45.7 Å². The van der Waals surface area contributed by atoms with Gasteiger partial charge in [0, 0.05) is 27.2 Å². The average molecular weight is 395 g/mol. The Bertz CT molecular complexity index is 402. The van der Waals surface area contributed by atoms with E-state index >= 15 is 0 Å². The summed E-state index contributed by atoms with van der Waals surface area (Å²) < 4.78 is 17.9. The Labute approximate surface area is 137 Å². The minimum Gasteiger partial charge on any atom is -0.383 e. The monoisotopic (exact) mass is 395 g/mol. The molecule has 1 aromatic rings. The van der Waals surface area contributed by atoms with E-state index in [1.165, 1.54) is 6.07 Å². The van der Waals surface area contributed by atoms with Crippen LogP contribution in [0.15, 0.2) is 29.3 Å². The number of rotatable bonds is 7.